The summed E-state index contributed by atoms with van der Waals surface area (Å²) in [4.78, 5) is 24.5. The molecule has 0 aromatic heterocycles. The van der Waals surface area contributed by atoms with Crippen LogP contribution in [-0.2, 0) is 14.3 Å². The number of hydrogen-bond donors (Lipinski definition) is 1. The first-order chi connectivity index (χ1) is 12.4. The molecule has 4 heteroatoms. The molecule has 1 aliphatic heterocycles. The number of rotatable bonds is 6. The van der Waals surface area contributed by atoms with Crippen LogP contribution < -0.4 is 5.32 Å². The molecule has 140 valence electrons. The van der Waals surface area contributed by atoms with Gasteiger partial charge in [0.1, 0.15) is 0 Å². The average Bonchev–Trinajstić information content (AvgIpc) is 2.93. The van der Waals surface area contributed by atoms with Crippen LogP contribution in [0.3, 0.4) is 0 Å². The van der Waals surface area contributed by atoms with Gasteiger partial charge in [-0.15, -0.1) is 0 Å². The molecule has 1 saturated carbocycles. The topological polar surface area (TPSA) is 55.4 Å². The van der Waals surface area contributed by atoms with E-state index >= 15 is 0 Å². The van der Waals surface area contributed by atoms with Gasteiger partial charge in [-0.1, -0.05) is 44.2 Å². The molecule has 26 heavy (non-hydrogen) atoms. The first-order valence-electron chi connectivity index (χ1n) is 9.59. The van der Waals surface area contributed by atoms with Gasteiger partial charge < -0.3 is 10.1 Å². The maximum absolute atomic E-state index is 12.4. The largest absolute Gasteiger partial charge is 0.465 e. The Morgan fingerprint density at radius 1 is 1.42 bits per heavy atom. The summed E-state index contributed by atoms with van der Waals surface area (Å²) in [5.41, 5.74) is 2.73. The van der Waals surface area contributed by atoms with Crippen LogP contribution in [-0.4, -0.2) is 18.5 Å². The molecule has 2 unspecified atom stereocenters. The van der Waals surface area contributed by atoms with E-state index in [1.165, 1.54) is 0 Å². The maximum atomic E-state index is 12.4. The van der Waals surface area contributed by atoms with Gasteiger partial charge in [0.2, 0.25) is 5.91 Å². The molecule has 2 atom stereocenters. The number of esters is 1. The van der Waals surface area contributed by atoms with Crippen LogP contribution in [0.1, 0.15) is 52.4 Å². The average molecular weight is 355 g/mol. The number of carbonyl (C=O) groups is 2. The summed E-state index contributed by atoms with van der Waals surface area (Å²) in [6.07, 6.45) is 12.6. The van der Waals surface area contributed by atoms with E-state index in [1.807, 2.05) is 12.2 Å². The molecule has 3 aliphatic rings. The van der Waals surface area contributed by atoms with Crippen LogP contribution in [0.5, 0.6) is 0 Å². The Kier molecular flexibility index (Phi) is 5.49. The lowest BCUT2D eigenvalue weighted by atomic mass is 9.75. The Bertz CT molecular complexity index is 698. The maximum Gasteiger partial charge on any atom is 0.313 e. The number of nitrogens with one attached hydrogen (secondary N) is 1. The molecular formula is C22H29NO3. The highest BCUT2D eigenvalue weighted by Gasteiger charge is 2.56. The van der Waals surface area contributed by atoms with Crippen molar-refractivity contribution in [2.24, 2.45) is 17.3 Å². The molecule has 2 fully saturated rings. The van der Waals surface area contributed by atoms with Crippen molar-refractivity contribution in [2.75, 3.05) is 6.61 Å². The van der Waals surface area contributed by atoms with Gasteiger partial charge in [0.05, 0.1) is 12.0 Å². The third kappa shape index (κ3) is 4.00. The van der Waals surface area contributed by atoms with Crippen molar-refractivity contribution in [1.82, 2.24) is 5.32 Å². The Morgan fingerprint density at radius 3 is 3.00 bits per heavy atom. The fourth-order valence-electron chi connectivity index (χ4n) is 4.17. The minimum Gasteiger partial charge on any atom is -0.465 e. The molecule has 1 saturated heterocycles. The highest BCUT2D eigenvalue weighted by molar-refractivity contribution is 5.81. The van der Waals surface area contributed by atoms with E-state index in [0.29, 0.717) is 31.8 Å². The fraction of sp³-hybridized carbons (Fsp3) is 0.545. The van der Waals surface area contributed by atoms with Gasteiger partial charge in [0, 0.05) is 24.5 Å². The van der Waals surface area contributed by atoms with Gasteiger partial charge in [0.25, 0.3) is 0 Å². The summed E-state index contributed by atoms with van der Waals surface area (Å²) in [6.45, 7) is 8.85. The number of allylic oxidation sites excluding steroid dienone is 6. The number of hydrogen-bond acceptors (Lipinski definition) is 3. The van der Waals surface area contributed by atoms with Crippen LogP contribution in [0.4, 0.5) is 0 Å². The van der Waals surface area contributed by atoms with Gasteiger partial charge in [-0.2, -0.15) is 0 Å². The lowest BCUT2D eigenvalue weighted by molar-refractivity contribution is -0.146. The Hall–Kier alpha value is -2.10. The standard InChI is InChI=1S/C22H29NO3/c1-15(2)7-10-20(24)23-19-6-4-5-17(8-9-19)13-22-12-16(3)11-18(22)14-26-21(22)25/h4-5,8-9,15,18H,3,6-7,10-14H2,1-2H3,(H,23,24). The molecule has 2 aliphatic carbocycles. The van der Waals surface area contributed by atoms with Crippen LogP contribution >= 0.6 is 0 Å². The highest BCUT2D eigenvalue weighted by Crippen LogP contribution is 2.54. The fourth-order valence-corrected chi connectivity index (χ4v) is 4.17. The second-order valence-electron chi connectivity index (χ2n) is 8.28. The Morgan fingerprint density at radius 2 is 2.23 bits per heavy atom. The Balaban J connectivity index is 1.67. The Labute approximate surface area is 156 Å². The summed E-state index contributed by atoms with van der Waals surface area (Å²) in [5, 5.41) is 3.01. The van der Waals surface area contributed by atoms with Crippen molar-refractivity contribution in [2.45, 2.75) is 52.4 Å². The number of ether oxygens (including phenoxy) is 1. The SMILES string of the molecule is C=C1CC2COC(=O)C2(CC2=CC=C(NC(=O)CCC(C)C)CC=C2)C1. The monoisotopic (exact) mass is 355 g/mol. The smallest absolute Gasteiger partial charge is 0.313 e. The van der Waals surface area contributed by atoms with E-state index in [-0.39, 0.29) is 17.8 Å². The first kappa shape index (κ1) is 18.7. The molecule has 0 radical (unpaired) electrons. The number of fused-ring (bicyclic) bond motifs is 1. The van der Waals surface area contributed by atoms with Gasteiger partial charge in [0.15, 0.2) is 0 Å². The van der Waals surface area contributed by atoms with Crippen molar-refractivity contribution < 1.29 is 14.3 Å². The molecule has 1 amide bonds. The lowest BCUT2D eigenvalue weighted by Gasteiger charge is -2.24. The minimum atomic E-state index is -0.438. The predicted molar refractivity (Wildman–Crippen MR) is 102 cm³/mol. The van der Waals surface area contributed by atoms with E-state index in [2.05, 4.69) is 37.9 Å². The zero-order valence-corrected chi connectivity index (χ0v) is 15.8. The molecule has 0 aromatic rings. The normalized spacial score (nSPS) is 27.7. The first-order valence-corrected chi connectivity index (χ1v) is 9.59. The van der Waals surface area contributed by atoms with Crippen molar-refractivity contribution in [3.63, 3.8) is 0 Å². The molecule has 0 bridgehead atoms. The lowest BCUT2D eigenvalue weighted by Crippen LogP contribution is -2.29. The van der Waals surface area contributed by atoms with Crippen molar-refractivity contribution in [1.29, 1.82) is 0 Å². The summed E-state index contributed by atoms with van der Waals surface area (Å²) < 4.78 is 5.36. The molecule has 4 nitrogen and oxygen atoms in total. The highest BCUT2D eigenvalue weighted by atomic mass is 16.5. The predicted octanol–water partition coefficient (Wildman–Crippen LogP) is 4.21. The second kappa shape index (κ2) is 7.65. The molecule has 1 N–H and O–H groups in total. The van der Waals surface area contributed by atoms with E-state index in [4.69, 9.17) is 4.74 Å². The summed E-state index contributed by atoms with van der Waals surface area (Å²) in [5.74, 6) is 0.764. The van der Waals surface area contributed by atoms with Crippen LogP contribution in [0.2, 0.25) is 0 Å². The quantitative estimate of drug-likeness (QED) is 0.574. The number of cyclic esters (lactones) is 1. The zero-order chi connectivity index (χ0) is 18.7. The molecule has 0 aromatic carbocycles. The van der Waals surface area contributed by atoms with Crippen molar-refractivity contribution >= 4 is 11.9 Å². The summed E-state index contributed by atoms with van der Waals surface area (Å²) in [6, 6.07) is 0. The summed E-state index contributed by atoms with van der Waals surface area (Å²) in [7, 11) is 0. The van der Waals surface area contributed by atoms with Gasteiger partial charge in [-0.05, 0) is 43.3 Å². The number of amides is 1. The van der Waals surface area contributed by atoms with Gasteiger partial charge >= 0.3 is 5.97 Å². The molecule has 0 spiro atoms. The molecular weight excluding hydrogens is 326 g/mol. The third-order valence-electron chi connectivity index (χ3n) is 5.64. The minimum absolute atomic E-state index is 0.0697. The van der Waals surface area contributed by atoms with Crippen LogP contribution in [0.15, 0.2) is 47.7 Å². The van der Waals surface area contributed by atoms with Gasteiger partial charge in [-0.25, -0.2) is 0 Å². The summed E-state index contributed by atoms with van der Waals surface area (Å²) >= 11 is 0. The van der Waals surface area contributed by atoms with Crippen molar-refractivity contribution in [3.8, 4) is 0 Å². The van der Waals surface area contributed by atoms with E-state index in [1.54, 1.807) is 0 Å². The second-order valence-corrected chi connectivity index (χ2v) is 8.28. The molecule has 1 heterocycles. The van der Waals surface area contributed by atoms with Crippen LogP contribution in [0.25, 0.3) is 0 Å². The van der Waals surface area contributed by atoms with Crippen molar-refractivity contribution in [3.05, 3.63) is 47.7 Å². The number of carbonyl (C=O) groups excluding carboxylic acids is 2. The zero-order valence-electron chi connectivity index (χ0n) is 15.8. The van der Waals surface area contributed by atoms with E-state index < -0.39 is 5.41 Å². The molecule has 3 rings (SSSR count). The van der Waals surface area contributed by atoms with Crippen LogP contribution in [0, 0.1) is 17.3 Å². The van der Waals surface area contributed by atoms with E-state index in [0.717, 1.165) is 36.1 Å². The van der Waals surface area contributed by atoms with Gasteiger partial charge in [-0.3, -0.25) is 9.59 Å². The third-order valence-corrected chi connectivity index (χ3v) is 5.64. The van der Waals surface area contributed by atoms with E-state index in [9.17, 15) is 9.59 Å².